The molecule has 2 N–H and O–H groups in total. The van der Waals surface area contributed by atoms with Crippen LogP contribution in [0.4, 0.5) is 10.5 Å². The van der Waals surface area contributed by atoms with Crippen LogP contribution in [0.1, 0.15) is 81.8 Å². The van der Waals surface area contributed by atoms with Crippen LogP contribution in [0.25, 0.3) is 0 Å². The molecule has 2 rings (SSSR count). The Bertz CT molecular complexity index is 1130. The predicted molar refractivity (Wildman–Crippen MR) is 153 cm³/mol. The highest BCUT2D eigenvalue weighted by molar-refractivity contribution is 6.00. The molecule has 0 saturated heterocycles. The Hall–Kier alpha value is -3.35. The van der Waals surface area contributed by atoms with Gasteiger partial charge in [0.05, 0.1) is 0 Å². The fraction of sp³-hybridized carbons (Fsp3) is 0.516. The Morgan fingerprint density at radius 3 is 2.05 bits per heavy atom. The van der Waals surface area contributed by atoms with Gasteiger partial charge in [0.1, 0.15) is 17.7 Å². The molecule has 2 aromatic rings. The van der Waals surface area contributed by atoms with E-state index >= 15 is 0 Å². The number of likely N-dealkylation sites (N-methyl/N-ethyl adjacent to an activating group) is 1. The van der Waals surface area contributed by atoms with Crippen molar-refractivity contribution in [1.29, 1.82) is 0 Å². The molecule has 0 aliphatic rings. The number of nitrogens with one attached hydrogen (secondary N) is 2. The fourth-order valence-corrected chi connectivity index (χ4v) is 4.55. The summed E-state index contributed by atoms with van der Waals surface area (Å²) in [6.45, 7) is 19.2. The molecule has 0 bridgehead atoms. The first-order valence-electron chi connectivity index (χ1n) is 13.4. The monoisotopic (exact) mass is 523 g/mol. The molecule has 2 aromatic carbocycles. The number of aryl methyl sites for hydroxylation is 4. The van der Waals surface area contributed by atoms with Crippen LogP contribution in [0.2, 0.25) is 0 Å². The largest absolute Gasteiger partial charge is 0.444 e. The average Bonchev–Trinajstić information content (AvgIpc) is 2.82. The normalized spacial score (nSPS) is 13.7. The van der Waals surface area contributed by atoms with E-state index in [1.807, 2.05) is 84.9 Å². The molecule has 7 nitrogen and oxygen atoms in total. The van der Waals surface area contributed by atoms with Gasteiger partial charge in [0, 0.05) is 12.2 Å². The zero-order chi connectivity index (χ0) is 28.8. The second kappa shape index (κ2) is 12.9. The van der Waals surface area contributed by atoms with E-state index in [2.05, 4.69) is 10.6 Å². The van der Waals surface area contributed by atoms with Gasteiger partial charge in [-0.2, -0.15) is 0 Å². The van der Waals surface area contributed by atoms with Gasteiger partial charge in [0.25, 0.3) is 5.91 Å². The molecule has 0 heterocycles. The lowest BCUT2D eigenvalue weighted by atomic mass is 9.93. The van der Waals surface area contributed by atoms with Crippen molar-refractivity contribution in [1.82, 2.24) is 10.2 Å². The number of benzene rings is 2. The van der Waals surface area contributed by atoms with Crippen molar-refractivity contribution < 1.29 is 19.1 Å². The standard InChI is InChI=1S/C31H45N3O4/c1-11-20(4)26(33-30(37)38-31(8,9)10)29(36)34(12-2)27(24-17-16-19(3)18-23(24)7)28(35)32-25-21(5)14-13-15-22(25)6/h13-18,20,26-27H,11-12H2,1-10H3,(H,32,35)(H,33,37). The van der Waals surface area contributed by atoms with Crippen LogP contribution in [-0.2, 0) is 14.3 Å². The van der Waals surface area contributed by atoms with E-state index in [9.17, 15) is 14.4 Å². The number of amides is 3. The van der Waals surface area contributed by atoms with Gasteiger partial charge in [-0.25, -0.2) is 4.79 Å². The van der Waals surface area contributed by atoms with E-state index in [1.54, 1.807) is 25.7 Å². The summed E-state index contributed by atoms with van der Waals surface area (Å²) in [5.41, 5.74) is 4.64. The van der Waals surface area contributed by atoms with Crippen LogP contribution in [-0.4, -0.2) is 41.0 Å². The van der Waals surface area contributed by atoms with Crippen LogP contribution in [0.3, 0.4) is 0 Å². The maximum atomic E-state index is 14.1. The molecular formula is C31H45N3O4. The number of nitrogens with zero attached hydrogens (tertiary/aromatic N) is 1. The average molecular weight is 524 g/mol. The molecule has 3 atom stereocenters. The smallest absolute Gasteiger partial charge is 0.408 e. The van der Waals surface area contributed by atoms with E-state index in [1.165, 1.54) is 0 Å². The molecule has 38 heavy (non-hydrogen) atoms. The van der Waals surface area contributed by atoms with Gasteiger partial charge < -0.3 is 20.3 Å². The van der Waals surface area contributed by atoms with E-state index in [-0.39, 0.29) is 24.3 Å². The third-order valence-corrected chi connectivity index (χ3v) is 6.78. The molecule has 0 saturated carbocycles. The van der Waals surface area contributed by atoms with Crippen molar-refractivity contribution in [3.8, 4) is 0 Å². The molecule has 0 aromatic heterocycles. The highest BCUT2D eigenvalue weighted by Gasteiger charge is 2.38. The summed E-state index contributed by atoms with van der Waals surface area (Å²) in [6, 6.07) is 9.97. The molecule has 3 amide bonds. The number of alkyl carbamates (subject to hydrolysis) is 1. The van der Waals surface area contributed by atoms with E-state index < -0.39 is 23.8 Å². The Morgan fingerprint density at radius 2 is 1.55 bits per heavy atom. The first-order valence-corrected chi connectivity index (χ1v) is 13.4. The zero-order valence-corrected chi connectivity index (χ0v) is 24.7. The number of para-hydroxylation sites is 1. The Balaban J connectivity index is 2.56. The maximum absolute atomic E-state index is 14.1. The summed E-state index contributed by atoms with van der Waals surface area (Å²) in [5, 5.41) is 5.89. The van der Waals surface area contributed by atoms with Crippen LogP contribution < -0.4 is 10.6 Å². The summed E-state index contributed by atoms with van der Waals surface area (Å²) in [5.74, 6) is -0.801. The quantitative estimate of drug-likeness (QED) is 0.399. The summed E-state index contributed by atoms with van der Waals surface area (Å²) < 4.78 is 5.46. The summed E-state index contributed by atoms with van der Waals surface area (Å²) in [6.07, 6.45) is 0.00214. The molecule has 0 aliphatic carbocycles. The second-order valence-corrected chi connectivity index (χ2v) is 11.2. The molecule has 3 unspecified atom stereocenters. The number of hydrogen-bond donors (Lipinski definition) is 2. The van der Waals surface area contributed by atoms with Gasteiger partial charge in [-0.05, 0) is 83.6 Å². The summed E-state index contributed by atoms with van der Waals surface area (Å²) >= 11 is 0. The topological polar surface area (TPSA) is 87.7 Å². The molecule has 0 fully saturated rings. The molecule has 0 spiro atoms. The molecule has 208 valence electrons. The van der Waals surface area contributed by atoms with Crippen molar-refractivity contribution in [3.05, 3.63) is 64.2 Å². The van der Waals surface area contributed by atoms with Crippen LogP contribution in [0.15, 0.2) is 36.4 Å². The second-order valence-electron chi connectivity index (χ2n) is 11.2. The van der Waals surface area contributed by atoms with Crippen LogP contribution >= 0.6 is 0 Å². The van der Waals surface area contributed by atoms with Gasteiger partial charge >= 0.3 is 6.09 Å². The van der Waals surface area contributed by atoms with Gasteiger partial charge in [0.15, 0.2) is 0 Å². The maximum Gasteiger partial charge on any atom is 0.408 e. The highest BCUT2D eigenvalue weighted by Crippen LogP contribution is 2.30. The highest BCUT2D eigenvalue weighted by atomic mass is 16.6. The molecular weight excluding hydrogens is 478 g/mol. The number of anilines is 1. The zero-order valence-electron chi connectivity index (χ0n) is 24.7. The Kier molecular flexibility index (Phi) is 10.5. The third kappa shape index (κ3) is 7.83. The number of ether oxygens (including phenoxy) is 1. The van der Waals surface area contributed by atoms with E-state index in [0.717, 1.165) is 33.5 Å². The van der Waals surface area contributed by atoms with E-state index in [0.29, 0.717) is 6.42 Å². The van der Waals surface area contributed by atoms with E-state index in [4.69, 9.17) is 4.74 Å². The number of carbonyl (C=O) groups is 3. The minimum atomic E-state index is -0.890. The lowest BCUT2D eigenvalue weighted by Gasteiger charge is -2.36. The lowest BCUT2D eigenvalue weighted by Crippen LogP contribution is -2.54. The molecule has 7 heteroatoms. The van der Waals surface area contributed by atoms with Crippen molar-refractivity contribution in [2.24, 2.45) is 5.92 Å². The van der Waals surface area contributed by atoms with Gasteiger partial charge in [0.2, 0.25) is 5.91 Å². The van der Waals surface area contributed by atoms with Gasteiger partial charge in [-0.15, -0.1) is 0 Å². The minimum Gasteiger partial charge on any atom is -0.444 e. The van der Waals surface area contributed by atoms with Crippen molar-refractivity contribution in [3.63, 3.8) is 0 Å². The van der Waals surface area contributed by atoms with Crippen LogP contribution in [0.5, 0.6) is 0 Å². The summed E-state index contributed by atoms with van der Waals surface area (Å²) in [7, 11) is 0. The lowest BCUT2D eigenvalue weighted by molar-refractivity contribution is -0.141. The number of carbonyl (C=O) groups excluding carboxylic acids is 3. The fourth-order valence-electron chi connectivity index (χ4n) is 4.55. The van der Waals surface area contributed by atoms with Crippen molar-refractivity contribution in [2.75, 3.05) is 11.9 Å². The Morgan fingerprint density at radius 1 is 0.947 bits per heavy atom. The predicted octanol–water partition coefficient (Wildman–Crippen LogP) is 6.39. The van der Waals surface area contributed by atoms with Crippen molar-refractivity contribution in [2.45, 2.75) is 93.3 Å². The number of hydrogen-bond acceptors (Lipinski definition) is 4. The van der Waals surface area contributed by atoms with Crippen LogP contribution in [0, 0.1) is 33.6 Å². The molecule has 0 aliphatic heterocycles. The van der Waals surface area contributed by atoms with Gasteiger partial charge in [-0.3, -0.25) is 9.59 Å². The van der Waals surface area contributed by atoms with Gasteiger partial charge in [-0.1, -0.05) is 62.2 Å². The summed E-state index contributed by atoms with van der Waals surface area (Å²) in [4.78, 5) is 42.4. The Labute approximate surface area is 228 Å². The van der Waals surface area contributed by atoms with Crippen molar-refractivity contribution >= 4 is 23.6 Å². The first-order chi connectivity index (χ1) is 17.7. The number of rotatable bonds is 9. The minimum absolute atomic E-state index is 0.175. The first kappa shape index (κ1) is 30.9. The SMILES string of the molecule is CCC(C)C(NC(=O)OC(C)(C)C)C(=O)N(CC)C(C(=O)Nc1c(C)cccc1C)c1ccc(C)cc1C. The molecule has 0 radical (unpaired) electrons. The third-order valence-electron chi connectivity index (χ3n) is 6.78.